The molecule has 0 bridgehead atoms. The van der Waals surface area contributed by atoms with Crippen molar-refractivity contribution in [1.82, 2.24) is 10.1 Å². The largest absolute Gasteiger partial charge is 0.352 e. The summed E-state index contributed by atoms with van der Waals surface area (Å²) in [7, 11) is 0. The van der Waals surface area contributed by atoms with Crippen LogP contribution in [-0.2, 0) is 0 Å². The van der Waals surface area contributed by atoms with E-state index in [1.165, 1.54) is 0 Å². The Morgan fingerprint density at radius 3 is 3.00 bits per heavy atom. The highest BCUT2D eigenvalue weighted by Crippen LogP contribution is 2.26. The molecule has 0 aliphatic heterocycles. The molecule has 0 unspecified atom stereocenters. The molecule has 90 valence electrons. The van der Waals surface area contributed by atoms with Crippen LogP contribution in [-0.4, -0.2) is 10.1 Å². The predicted molar refractivity (Wildman–Crippen MR) is 71.3 cm³/mol. The van der Waals surface area contributed by atoms with E-state index in [9.17, 15) is 0 Å². The van der Waals surface area contributed by atoms with Gasteiger partial charge in [-0.15, -0.1) is 0 Å². The van der Waals surface area contributed by atoms with Gasteiger partial charge in [-0.3, -0.25) is 0 Å². The van der Waals surface area contributed by atoms with Crippen LogP contribution in [0.15, 0.2) is 41.1 Å². The zero-order valence-electron chi connectivity index (χ0n) is 9.64. The lowest BCUT2D eigenvalue weighted by atomic mass is 10.2. The molecule has 0 saturated carbocycles. The van der Waals surface area contributed by atoms with Crippen molar-refractivity contribution in [3.8, 4) is 0 Å². The summed E-state index contributed by atoms with van der Waals surface area (Å²) < 4.78 is 5.17. The Hall–Kier alpha value is -2.07. The van der Waals surface area contributed by atoms with Gasteiger partial charge in [0.2, 0.25) is 0 Å². The first kappa shape index (κ1) is 11.0. The average molecular weight is 260 g/mol. The average Bonchev–Trinajstić information content (AvgIpc) is 2.78. The summed E-state index contributed by atoms with van der Waals surface area (Å²) in [6, 6.07) is 9.36. The molecule has 1 N–H and O–H groups in total. The highest BCUT2D eigenvalue weighted by molar-refractivity contribution is 6.31. The zero-order chi connectivity index (χ0) is 12.5. The number of nitrogens with one attached hydrogen (secondary N) is 1. The Balaban J connectivity index is 1.98. The number of fused-ring (bicyclic) bond motifs is 1. The fraction of sp³-hybridized carbons (Fsp3) is 0.0769. The summed E-state index contributed by atoms with van der Waals surface area (Å²) in [5.41, 5.74) is 3.24. The minimum Gasteiger partial charge on any atom is -0.352 e. The summed E-state index contributed by atoms with van der Waals surface area (Å²) >= 11 is 6.07. The van der Waals surface area contributed by atoms with Gasteiger partial charge in [0.05, 0.1) is 0 Å². The SMILES string of the molecule is Cc1ccc(Nc2noc3cccnc23)cc1Cl. The smallest absolute Gasteiger partial charge is 0.200 e. The predicted octanol–water partition coefficient (Wildman–Crippen LogP) is 3.93. The minimum atomic E-state index is 0.588. The van der Waals surface area contributed by atoms with E-state index >= 15 is 0 Å². The first-order valence-corrected chi connectivity index (χ1v) is 5.85. The number of pyridine rings is 1. The lowest BCUT2D eigenvalue weighted by molar-refractivity contribution is 0.460. The summed E-state index contributed by atoms with van der Waals surface area (Å²) in [5.74, 6) is 0.588. The van der Waals surface area contributed by atoms with Crippen LogP contribution in [0, 0.1) is 6.92 Å². The van der Waals surface area contributed by atoms with Crippen molar-refractivity contribution in [2.24, 2.45) is 0 Å². The number of nitrogens with zero attached hydrogens (tertiary/aromatic N) is 2. The molecule has 2 heterocycles. The second-order valence-corrected chi connectivity index (χ2v) is 4.38. The van der Waals surface area contributed by atoms with Gasteiger partial charge in [-0.2, -0.15) is 0 Å². The van der Waals surface area contributed by atoms with Gasteiger partial charge in [0, 0.05) is 16.9 Å². The molecule has 0 atom stereocenters. The van der Waals surface area contributed by atoms with Crippen molar-refractivity contribution in [3.63, 3.8) is 0 Å². The third-order valence-corrected chi connectivity index (χ3v) is 3.07. The van der Waals surface area contributed by atoms with Gasteiger partial charge >= 0.3 is 0 Å². The van der Waals surface area contributed by atoms with E-state index in [1.807, 2.05) is 31.2 Å². The quantitative estimate of drug-likeness (QED) is 0.758. The van der Waals surface area contributed by atoms with Crippen LogP contribution in [0.25, 0.3) is 11.1 Å². The molecule has 3 aromatic rings. The monoisotopic (exact) mass is 259 g/mol. The normalized spacial score (nSPS) is 10.8. The van der Waals surface area contributed by atoms with Crippen LogP contribution in [0.5, 0.6) is 0 Å². The number of anilines is 2. The first-order chi connectivity index (χ1) is 8.74. The van der Waals surface area contributed by atoms with Gasteiger partial charge in [0.15, 0.2) is 16.9 Å². The van der Waals surface area contributed by atoms with Crippen molar-refractivity contribution in [2.45, 2.75) is 6.92 Å². The number of aromatic nitrogens is 2. The summed E-state index contributed by atoms with van der Waals surface area (Å²) in [6.07, 6.45) is 1.70. The Morgan fingerprint density at radius 2 is 2.17 bits per heavy atom. The molecule has 0 spiro atoms. The molecule has 0 radical (unpaired) electrons. The lowest BCUT2D eigenvalue weighted by Gasteiger charge is -2.04. The number of hydrogen-bond donors (Lipinski definition) is 1. The number of hydrogen-bond acceptors (Lipinski definition) is 4. The van der Waals surface area contributed by atoms with Gasteiger partial charge < -0.3 is 9.84 Å². The van der Waals surface area contributed by atoms with Crippen LogP contribution < -0.4 is 5.32 Å². The van der Waals surface area contributed by atoms with Crippen LogP contribution in [0.2, 0.25) is 5.02 Å². The maximum absolute atomic E-state index is 6.07. The number of halogens is 1. The molecular formula is C13H10ClN3O. The lowest BCUT2D eigenvalue weighted by Crippen LogP contribution is -1.92. The van der Waals surface area contributed by atoms with E-state index in [0.29, 0.717) is 21.9 Å². The van der Waals surface area contributed by atoms with Crippen molar-refractivity contribution in [1.29, 1.82) is 0 Å². The Morgan fingerprint density at radius 1 is 1.28 bits per heavy atom. The molecule has 5 heteroatoms. The summed E-state index contributed by atoms with van der Waals surface area (Å²) in [4.78, 5) is 4.23. The maximum atomic E-state index is 6.07. The zero-order valence-corrected chi connectivity index (χ0v) is 10.4. The van der Waals surface area contributed by atoms with E-state index < -0.39 is 0 Å². The van der Waals surface area contributed by atoms with Gasteiger partial charge in [0.25, 0.3) is 0 Å². The molecule has 3 rings (SSSR count). The Bertz CT molecular complexity index is 708. The van der Waals surface area contributed by atoms with Crippen molar-refractivity contribution in [3.05, 3.63) is 47.1 Å². The molecule has 0 aliphatic carbocycles. The first-order valence-electron chi connectivity index (χ1n) is 5.47. The van der Waals surface area contributed by atoms with Crippen molar-refractivity contribution < 1.29 is 4.52 Å². The molecule has 0 aliphatic rings. The molecule has 0 fully saturated rings. The molecule has 2 aromatic heterocycles. The van der Waals surface area contributed by atoms with E-state index in [1.54, 1.807) is 12.3 Å². The van der Waals surface area contributed by atoms with Crippen molar-refractivity contribution in [2.75, 3.05) is 5.32 Å². The van der Waals surface area contributed by atoms with Gasteiger partial charge in [-0.25, -0.2) is 4.98 Å². The van der Waals surface area contributed by atoms with Gasteiger partial charge in [-0.05, 0) is 36.8 Å². The van der Waals surface area contributed by atoms with Gasteiger partial charge in [-0.1, -0.05) is 22.8 Å². The third-order valence-electron chi connectivity index (χ3n) is 2.66. The topological polar surface area (TPSA) is 51.0 Å². The number of aryl methyl sites for hydroxylation is 1. The second kappa shape index (κ2) is 4.31. The van der Waals surface area contributed by atoms with Crippen LogP contribution in [0.1, 0.15) is 5.56 Å². The van der Waals surface area contributed by atoms with Crippen LogP contribution in [0.4, 0.5) is 11.5 Å². The fourth-order valence-electron chi connectivity index (χ4n) is 1.67. The Kier molecular flexibility index (Phi) is 2.64. The minimum absolute atomic E-state index is 0.588. The molecule has 0 saturated heterocycles. The molecule has 0 amide bonds. The highest BCUT2D eigenvalue weighted by Gasteiger charge is 2.09. The molecular weight excluding hydrogens is 250 g/mol. The van der Waals surface area contributed by atoms with Crippen molar-refractivity contribution >= 4 is 34.2 Å². The standard InChI is InChI=1S/C13H10ClN3O/c1-8-4-5-9(7-10(8)14)16-13-12-11(18-17-13)3-2-6-15-12/h2-7H,1H3,(H,16,17). The Labute approximate surface area is 109 Å². The summed E-state index contributed by atoms with van der Waals surface area (Å²) in [6.45, 7) is 1.96. The fourth-order valence-corrected chi connectivity index (χ4v) is 1.85. The van der Waals surface area contributed by atoms with E-state index in [0.717, 1.165) is 11.3 Å². The third kappa shape index (κ3) is 1.91. The number of benzene rings is 1. The van der Waals surface area contributed by atoms with E-state index in [4.69, 9.17) is 16.1 Å². The maximum Gasteiger partial charge on any atom is 0.200 e. The number of rotatable bonds is 2. The van der Waals surface area contributed by atoms with E-state index in [-0.39, 0.29) is 0 Å². The van der Waals surface area contributed by atoms with E-state index in [2.05, 4.69) is 15.5 Å². The second-order valence-electron chi connectivity index (χ2n) is 3.97. The van der Waals surface area contributed by atoms with Gasteiger partial charge in [0.1, 0.15) is 0 Å². The molecule has 4 nitrogen and oxygen atoms in total. The molecule has 1 aromatic carbocycles. The molecule has 18 heavy (non-hydrogen) atoms. The highest BCUT2D eigenvalue weighted by atomic mass is 35.5. The van der Waals surface area contributed by atoms with Crippen LogP contribution in [0.3, 0.4) is 0 Å². The summed E-state index contributed by atoms with van der Waals surface area (Å²) in [5, 5.41) is 7.80. The van der Waals surface area contributed by atoms with Crippen LogP contribution >= 0.6 is 11.6 Å².